The van der Waals surface area contributed by atoms with Crippen molar-refractivity contribution < 1.29 is 23.8 Å². The number of ether oxygens (including phenoxy) is 3. The number of aryl methyl sites for hydroxylation is 1. The van der Waals surface area contributed by atoms with Crippen molar-refractivity contribution in [1.29, 1.82) is 0 Å². The lowest BCUT2D eigenvalue weighted by Gasteiger charge is -2.17. The number of carbonyl (C=O) groups is 2. The number of nitrogens with zero attached hydrogens (tertiary/aromatic N) is 1. The largest absolute Gasteiger partial charge is 0.491 e. The van der Waals surface area contributed by atoms with Gasteiger partial charge in [0, 0.05) is 0 Å². The Morgan fingerprint density at radius 2 is 1.67 bits per heavy atom. The van der Waals surface area contributed by atoms with Crippen LogP contribution >= 0.6 is 11.8 Å². The summed E-state index contributed by atoms with van der Waals surface area (Å²) in [6.07, 6.45) is 1.72. The van der Waals surface area contributed by atoms with Gasteiger partial charge >= 0.3 is 0 Å². The highest BCUT2D eigenvalue weighted by atomic mass is 32.2. The second kappa shape index (κ2) is 13.2. The maximum Gasteiger partial charge on any atom is 0.293 e. The van der Waals surface area contributed by atoms with Crippen LogP contribution in [0.5, 0.6) is 17.2 Å². The van der Waals surface area contributed by atoms with E-state index in [1.165, 1.54) is 4.90 Å². The van der Waals surface area contributed by atoms with E-state index in [-0.39, 0.29) is 24.3 Å². The number of fused-ring (bicyclic) bond motifs is 1. The zero-order valence-electron chi connectivity index (χ0n) is 24.4. The van der Waals surface area contributed by atoms with Crippen molar-refractivity contribution in [2.75, 3.05) is 19.8 Å². The third kappa shape index (κ3) is 6.63. The summed E-state index contributed by atoms with van der Waals surface area (Å²) in [6.45, 7) is 9.41. The Hall–Kier alpha value is -4.23. The van der Waals surface area contributed by atoms with Crippen LogP contribution in [0, 0.1) is 6.92 Å². The van der Waals surface area contributed by atoms with Gasteiger partial charge < -0.3 is 14.2 Å². The average Bonchev–Trinajstić information content (AvgIpc) is 3.24. The number of hydrogen-bond acceptors (Lipinski definition) is 6. The van der Waals surface area contributed by atoms with E-state index in [9.17, 15) is 9.59 Å². The van der Waals surface area contributed by atoms with Crippen molar-refractivity contribution in [3.63, 3.8) is 0 Å². The van der Waals surface area contributed by atoms with Gasteiger partial charge in [0.05, 0.1) is 18.1 Å². The third-order valence-electron chi connectivity index (χ3n) is 7.07. The molecule has 0 bridgehead atoms. The van der Waals surface area contributed by atoms with Gasteiger partial charge in [-0.1, -0.05) is 74.5 Å². The first-order valence-corrected chi connectivity index (χ1v) is 15.0. The van der Waals surface area contributed by atoms with E-state index in [0.29, 0.717) is 35.5 Å². The average molecular weight is 582 g/mol. The molecule has 0 saturated carbocycles. The summed E-state index contributed by atoms with van der Waals surface area (Å²) in [4.78, 5) is 27.5. The first-order valence-electron chi connectivity index (χ1n) is 14.2. The fraction of sp³-hybridized carbons (Fsp3) is 0.257. The predicted molar refractivity (Wildman–Crippen MR) is 169 cm³/mol. The van der Waals surface area contributed by atoms with Gasteiger partial charge in [0.15, 0.2) is 11.5 Å². The molecule has 1 heterocycles. The fourth-order valence-corrected chi connectivity index (χ4v) is 5.78. The molecule has 1 fully saturated rings. The summed E-state index contributed by atoms with van der Waals surface area (Å²) in [5.74, 6) is 1.97. The SMILES string of the molecule is CCOc1cc(/C=C2\SC(=O)N(CCOc3cc(C)ccc3C(C)C)C2=O)ccc1OCc1cccc2ccccc12. The van der Waals surface area contributed by atoms with Gasteiger partial charge in [0.1, 0.15) is 19.0 Å². The molecule has 2 amide bonds. The lowest BCUT2D eigenvalue weighted by atomic mass is 10.0. The van der Waals surface area contributed by atoms with Gasteiger partial charge in [-0.15, -0.1) is 0 Å². The van der Waals surface area contributed by atoms with Crippen LogP contribution < -0.4 is 14.2 Å². The Morgan fingerprint density at radius 3 is 2.48 bits per heavy atom. The van der Waals surface area contributed by atoms with Gasteiger partial charge in [-0.05, 0) is 88.8 Å². The topological polar surface area (TPSA) is 65.1 Å². The molecule has 216 valence electrons. The second-order valence-electron chi connectivity index (χ2n) is 10.4. The number of rotatable bonds is 11. The lowest BCUT2D eigenvalue weighted by Crippen LogP contribution is -2.32. The van der Waals surface area contributed by atoms with Gasteiger partial charge in [-0.2, -0.15) is 0 Å². The van der Waals surface area contributed by atoms with Gasteiger partial charge in [0.25, 0.3) is 11.1 Å². The fourth-order valence-electron chi connectivity index (χ4n) is 4.91. The standard InChI is InChI=1S/C35H35NO5S/c1-5-39-32-20-25(14-16-30(32)41-22-27-11-8-10-26-9-6-7-12-29(26)27)21-33-34(37)36(35(38)42-33)17-18-40-31-19-24(4)13-15-28(31)23(2)3/h6-16,19-21,23H,5,17-18,22H2,1-4H3/b33-21-. The minimum atomic E-state index is -0.323. The van der Waals surface area contributed by atoms with Crippen LogP contribution in [0.2, 0.25) is 0 Å². The summed E-state index contributed by atoms with van der Waals surface area (Å²) in [7, 11) is 0. The second-order valence-corrected chi connectivity index (χ2v) is 11.4. The summed E-state index contributed by atoms with van der Waals surface area (Å²) >= 11 is 0.936. The van der Waals surface area contributed by atoms with Crippen LogP contribution in [0.1, 0.15) is 48.9 Å². The molecule has 0 unspecified atom stereocenters. The van der Waals surface area contributed by atoms with Gasteiger partial charge in [-0.25, -0.2) is 0 Å². The van der Waals surface area contributed by atoms with E-state index in [0.717, 1.165) is 50.5 Å². The molecule has 7 heteroatoms. The van der Waals surface area contributed by atoms with Gasteiger partial charge in [0.2, 0.25) is 0 Å². The first-order chi connectivity index (χ1) is 20.3. The Kier molecular flexibility index (Phi) is 9.18. The van der Waals surface area contributed by atoms with E-state index in [1.807, 2.05) is 56.3 Å². The molecular weight excluding hydrogens is 546 g/mol. The molecule has 0 aromatic heterocycles. The highest BCUT2D eigenvalue weighted by molar-refractivity contribution is 8.18. The van der Waals surface area contributed by atoms with E-state index >= 15 is 0 Å². The van der Waals surface area contributed by atoms with E-state index in [1.54, 1.807) is 6.08 Å². The first kappa shape index (κ1) is 29.3. The number of carbonyl (C=O) groups excluding carboxylic acids is 2. The molecule has 6 nitrogen and oxygen atoms in total. The van der Waals surface area contributed by atoms with Crippen molar-refractivity contribution in [2.24, 2.45) is 0 Å². The summed E-state index contributed by atoms with van der Waals surface area (Å²) in [5, 5.41) is 2.01. The maximum absolute atomic E-state index is 13.1. The van der Waals surface area contributed by atoms with E-state index < -0.39 is 0 Å². The lowest BCUT2D eigenvalue weighted by molar-refractivity contribution is -0.123. The summed E-state index contributed by atoms with van der Waals surface area (Å²) in [5.41, 5.74) is 4.03. The zero-order valence-corrected chi connectivity index (χ0v) is 25.2. The predicted octanol–water partition coefficient (Wildman–Crippen LogP) is 8.36. The van der Waals surface area contributed by atoms with Crippen LogP contribution in [0.25, 0.3) is 16.8 Å². The molecule has 0 aliphatic carbocycles. The van der Waals surface area contributed by atoms with Crippen LogP contribution in [-0.2, 0) is 11.4 Å². The monoisotopic (exact) mass is 581 g/mol. The maximum atomic E-state index is 13.1. The van der Waals surface area contributed by atoms with Gasteiger partial charge in [-0.3, -0.25) is 14.5 Å². The summed E-state index contributed by atoms with van der Waals surface area (Å²) in [6, 6.07) is 26.0. The minimum absolute atomic E-state index is 0.179. The molecular formula is C35H35NO5S. The van der Waals surface area contributed by atoms with Crippen LogP contribution in [-0.4, -0.2) is 35.8 Å². The van der Waals surface area contributed by atoms with Crippen LogP contribution in [0.3, 0.4) is 0 Å². The molecule has 0 atom stereocenters. The van der Waals surface area contributed by atoms with Crippen molar-refractivity contribution in [1.82, 2.24) is 4.90 Å². The molecule has 1 aliphatic rings. The third-order valence-corrected chi connectivity index (χ3v) is 7.97. The number of benzene rings is 4. The highest BCUT2D eigenvalue weighted by Gasteiger charge is 2.35. The van der Waals surface area contributed by atoms with Crippen molar-refractivity contribution in [2.45, 2.75) is 40.2 Å². The number of imide groups is 1. The molecule has 0 radical (unpaired) electrons. The van der Waals surface area contributed by atoms with Crippen molar-refractivity contribution in [3.8, 4) is 17.2 Å². The Labute approximate surface area is 251 Å². The minimum Gasteiger partial charge on any atom is -0.491 e. The van der Waals surface area contributed by atoms with E-state index in [4.69, 9.17) is 14.2 Å². The number of amides is 2. The Balaban J connectivity index is 1.26. The van der Waals surface area contributed by atoms with Crippen molar-refractivity contribution >= 4 is 39.8 Å². The normalized spacial score (nSPS) is 14.3. The summed E-state index contributed by atoms with van der Waals surface area (Å²) < 4.78 is 18.1. The number of hydrogen-bond donors (Lipinski definition) is 0. The molecule has 1 aliphatic heterocycles. The molecule has 42 heavy (non-hydrogen) atoms. The smallest absolute Gasteiger partial charge is 0.293 e. The Bertz CT molecular complexity index is 1640. The van der Waals surface area contributed by atoms with Crippen molar-refractivity contribution in [3.05, 3.63) is 106 Å². The molecule has 0 spiro atoms. The number of thioether (sulfide) groups is 1. The van der Waals surface area contributed by atoms with Crippen LogP contribution in [0.4, 0.5) is 4.79 Å². The molecule has 4 aromatic carbocycles. The molecule has 0 N–H and O–H groups in total. The van der Waals surface area contributed by atoms with E-state index in [2.05, 4.69) is 50.2 Å². The highest BCUT2D eigenvalue weighted by Crippen LogP contribution is 2.35. The quantitative estimate of drug-likeness (QED) is 0.166. The molecule has 5 rings (SSSR count). The Morgan fingerprint density at radius 1 is 0.857 bits per heavy atom. The molecule has 4 aromatic rings. The van der Waals surface area contributed by atoms with Crippen LogP contribution in [0.15, 0.2) is 83.8 Å². The zero-order chi connectivity index (χ0) is 29.6. The molecule has 1 saturated heterocycles.